The molecule has 4 aromatic rings. The molecule has 0 bridgehead atoms. The first kappa shape index (κ1) is 23.6. The van der Waals surface area contributed by atoms with Crippen molar-refractivity contribution in [2.75, 3.05) is 11.9 Å². The number of amides is 1. The fraction of sp³-hybridized carbons (Fsp3) is 0.185. The third-order valence-electron chi connectivity index (χ3n) is 6.15. The van der Waals surface area contributed by atoms with E-state index in [-0.39, 0.29) is 30.1 Å². The number of thiocarbonyl (C=S) groups is 1. The molecule has 1 aliphatic heterocycles. The highest BCUT2D eigenvalue weighted by molar-refractivity contribution is 7.80. The monoisotopic (exact) mass is 500 g/mol. The highest BCUT2D eigenvalue weighted by Crippen LogP contribution is 2.39. The van der Waals surface area contributed by atoms with E-state index < -0.39 is 5.82 Å². The molecule has 1 saturated heterocycles. The van der Waals surface area contributed by atoms with Crippen LogP contribution in [0.4, 0.5) is 10.1 Å². The molecule has 2 N–H and O–H groups in total. The first-order valence-corrected chi connectivity index (χ1v) is 12.1. The second-order valence-electron chi connectivity index (χ2n) is 8.48. The van der Waals surface area contributed by atoms with Crippen LogP contribution in [0.15, 0.2) is 91.4 Å². The number of carbonyl (C=O) groups is 1. The van der Waals surface area contributed by atoms with Crippen molar-refractivity contribution in [3.05, 3.63) is 114 Å². The molecule has 0 radical (unpaired) electrons. The molecule has 182 valence electrons. The summed E-state index contributed by atoms with van der Waals surface area (Å²) in [5, 5.41) is 6.60. The number of benzene rings is 1. The minimum Gasteiger partial charge on any atom is -0.352 e. The number of hydrogen-bond acceptors (Lipinski definition) is 4. The fourth-order valence-corrected chi connectivity index (χ4v) is 4.80. The molecule has 9 heteroatoms. The maximum Gasteiger partial charge on any atom is 0.226 e. The summed E-state index contributed by atoms with van der Waals surface area (Å²) >= 11 is 5.72. The Labute approximate surface area is 214 Å². The van der Waals surface area contributed by atoms with Gasteiger partial charge in [0.1, 0.15) is 5.82 Å². The second-order valence-corrected chi connectivity index (χ2v) is 8.87. The lowest BCUT2D eigenvalue weighted by molar-refractivity contribution is -0.116. The van der Waals surface area contributed by atoms with Crippen LogP contribution in [0.2, 0.25) is 0 Å². The molecule has 0 aliphatic carbocycles. The number of halogens is 1. The maximum absolute atomic E-state index is 14.0. The molecule has 2 atom stereocenters. The van der Waals surface area contributed by atoms with Gasteiger partial charge in [-0.05, 0) is 60.7 Å². The summed E-state index contributed by atoms with van der Waals surface area (Å²) < 4.78 is 16.1. The Balaban J connectivity index is 1.40. The van der Waals surface area contributed by atoms with Crippen LogP contribution in [0.3, 0.4) is 0 Å². The number of nitrogens with zero attached hydrogens (tertiary/aromatic N) is 4. The van der Waals surface area contributed by atoms with Crippen molar-refractivity contribution in [2.45, 2.75) is 25.0 Å². The molecule has 1 aliphatic rings. The summed E-state index contributed by atoms with van der Waals surface area (Å²) in [4.78, 5) is 23.7. The van der Waals surface area contributed by atoms with E-state index >= 15 is 0 Å². The number of nitrogens with one attached hydrogen (secondary N) is 2. The smallest absolute Gasteiger partial charge is 0.226 e. The number of rotatable bonds is 8. The predicted molar refractivity (Wildman–Crippen MR) is 140 cm³/mol. The maximum atomic E-state index is 14.0. The van der Waals surface area contributed by atoms with Crippen LogP contribution in [0.1, 0.15) is 35.6 Å². The second kappa shape index (κ2) is 10.7. The fourth-order valence-electron chi connectivity index (χ4n) is 4.47. The van der Waals surface area contributed by atoms with E-state index in [9.17, 15) is 9.18 Å². The minimum atomic E-state index is -0.468. The molecule has 3 aromatic heterocycles. The molecule has 5 rings (SSSR count). The first-order valence-electron chi connectivity index (χ1n) is 11.7. The van der Waals surface area contributed by atoms with Crippen LogP contribution < -0.4 is 10.6 Å². The number of anilines is 1. The van der Waals surface area contributed by atoms with Crippen molar-refractivity contribution in [1.82, 2.24) is 24.8 Å². The molecule has 1 amide bonds. The lowest BCUT2D eigenvalue weighted by Crippen LogP contribution is -2.33. The quantitative estimate of drug-likeness (QED) is 0.348. The molecule has 1 fully saturated rings. The molecule has 0 saturated carbocycles. The van der Waals surface area contributed by atoms with Gasteiger partial charge in [-0.2, -0.15) is 0 Å². The van der Waals surface area contributed by atoms with Crippen molar-refractivity contribution < 1.29 is 9.18 Å². The van der Waals surface area contributed by atoms with E-state index in [1.54, 1.807) is 30.6 Å². The Kier molecular flexibility index (Phi) is 6.99. The summed E-state index contributed by atoms with van der Waals surface area (Å²) in [5.74, 6) is -0.753. The van der Waals surface area contributed by atoms with Gasteiger partial charge in [-0.3, -0.25) is 14.8 Å². The van der Waals surface area contributed by atoms with Crippen LogP contribution in [0.5, 0.6) is 0 Å². The molecule has 1 aromatic carbocycles. The minimum absolute atomic E-state index is 0.141. The zero-order valence-corrected chi connectivity index (χ0v) is 20.2. The molecule has 0 unspecified atom stereocenters. The molecular formula is C27H25FN6OS. The average Bonchev–Trinajstić information content (AvgIpc) is 3.48. The largest absolute Gasteiger partial charge is 0.352 e. The van der Waals surface area contributed by atoms with Crippen LogP contribution in [0, 0.1) is 5.82 Å². The number of carbonyl (C=O) groups excluding carboxylic acids is 1. The van der Waals surface area contributed by atoms with Crippen molar-refractivity contribution >= 4 is 28.9 Å². The third kappa shape index (κ3) is 5.11. The van der Waals surface area contributed by atoms with Gasteiger partial charge in [0.15, 0.2) is 5.11 Å². The average molecular weight is 501 g/mol. The predicted octanol–water partition coefficient (Wildman–Crippen LogP) is 4.47. The van der Waals surface area contributed by atoms with Gasteiger partial charge in [-0.15, -0.1) is 0 Å². The zero-order valence-electron chi connectivity index (χ0n) is 19.4. The Morgan fingerprint density at radius 3 is 2.53 bits per heavy atom. The SMILES string of the molecule is O=C(CCN1C(=S)N[C@H](c2ccccn2)[C@@H]1c1cccn1Cc1ccccn1)Nc1ccccc1F. The summed E-state index contributed by atoms with van der Waals surface area (Å²) in [7, 11) is 0. The highest BCUT2D eigenvalue weighted by atomic mass is 32.1. The van der Waals surface area contributed by atoms with Gasteiger partial charge in [-0.1, -0.05) is 24.3 Å². The summed E-state index contributed by atoms with van der Waals surface area (Å²) in [6.07, 6.45) is 5.70. The van der Waals surface area contributed by atoms with E-state index in [0.717, 1.165) is 17.1 Å². The lowest BCUT2D eigenvalue weighted by Gasteiger charge is -2.28. The van der Waals surface area contributed by atoms with Crippen LogP contribution in [-0.4, -0.2) is 37.0 Å². The summed E-state index contributed by atoms with van der Waals surface area (Å²) in [5.41, 5.74) is 2.98. The highest BCUT2D eigenvalue weighted by Gasteiger charge is 2.41. The Morgan fingerprint density at radius 2 is 1.78 bits per heavy atom. The summed E-state index contributed by atoms with van der Waals surface area (Å²) in [6.45, 7) is 0.956. The zero-order chi connectivity index (χ0) is 24.9. The number of hydrogen-bond donors (Lipinski definition) is 2. The van der Waals surface area contributed by atoms with E-state index in [1.165, 1.54) is 6.07 Å². The standard InChI is InChI=1S/C27H25FN6OS/c28-20-9-1-2-10-21(20)31-24(35)13-17-34-26(25(32-27(34)36)22-11-4-6-15-30-22)23-12-7-16-33(23)18-19-8-3-5-14-29-19/h1-12,14-16,25-26H,13,17-18H2,(H,31,35)(H,32,36)/t25-,26+/m1/s1. The van der Waals surface area contributed by atoms with Crippen molar-refractivity contribution in [3.8, 4) is 0 Å². The van der Waals surface area contributed by atoms with Gasteiger partial charge in [0.25, 0.3) is 0 Å². The van der Waals surface area contributed by atoms with Gasteiger partial charge >= 0.3 is 0 Å². The van der Waals surface area contributed by atoms with Crippen molar-refractivity contribution in [3.63, 3.8) is 0 Å². The van der Waals surface area contributed by atoms with E-state index in [1.807, 2.05) is 53.6 Å². The molecular weight excluding hydrogens is 475 g/mol. The van der Waals surface area contributed by atoms with Crippen LogP contribution in [0.25, 0.3) is 0 Å². The Morgan fingerprint density at radius 1 is 1.00 bits per heavy atom. The molecule has 7 nitrogen and oxygen atoms in total. The van der Waals surface area contributed by atoms with Gasteiger partial charge in [0.05, 0.1) is 35.7 Å². The number of pyridine rings is 2. The topological polar surface area (TPSA) is 75.1 Å². The Bertz CT molecular complexity index is 1350. The van der Waals surface area contributed by atoms with E-state index in [2.05, 4.69) is 31.2 Å². The Hall–Kier alpha value is -4.11. The normalized spacial score (nSPS) is 17.1. The van der Waals surface area contributed by atoms with Gasteiger partial charge in [0, 0.05) is 37.3 Å². The van der Waals surface area contributed by atoms with Crippen molar-refractivity contribution in [2.24, 2.45) is 0 Å². The first-order chi connectivity index (χ1) is 17.6. The van der Waals surface area contributed by atoms with Gasteiger partial charge in [-0.25, -0.2) is 4.39 Å². The lowest BCUT2D eigenvalue weighted by atomic mass is 10.0. The van der Waals surface area contributed by atoms with Crippen LogP contribution >= 0.6 is 12.2 Å². The van der Waals surface area contributed by atoms with E-state index in [4.69, 9.17) is 12.2 Å². The van der Waals surface area contributed by atoms with Crippen molar-refractivity contribution in [1.29, 1.82) is 0 Å². The van der Waals surface area contributed by atoms with Crippen LogP contribution in [-0.2, 0) is 11.3 Å². The molecule has 4 heterocycles. The number of para-hydroxylation sites is 1. The number of aromatic nitrogens is 3. The van der Waals surface area contributed by atoms with E-state index in [0.29, 0.717) is 18.2 Å². The third-order valence-corrected chi connectivity index (χ3v) is 6.50. The molecule has 0 spiro atoms. The van der Waals surface area contributed by atoms with Gasteiger partial charge in [0.2, 0.25) is 5.91 Å². The molecule has 36 heavy (non-hydrogen) atoms. The van der Waals surface area contributed by atoms with Gasteiger partial charge < -0.3 is 20.1 Å². The summed E-state index contributed by atoms with van der Waals surface area (Å²) in [6, 6.07) is 21.4.